The molecule has 0 spiro atoms. The van der Waals surface area contributed by atoms with Gasteiger partial charge in [0.05, 0.1) is 11.1 Å². The molecule has 2 aliphatic rings. The van der Waals surface area contributed by atoms with Crippen molar-refractivity contribution in [1.82, 2.24) is 14.8 Å². The fraction of sp³-hybridized carbons (Fsp3) is 0.267. The maximum Gasteiger partial charge on any atom is 0.257 e. The van der Waals surface area contributed by atoms with Gasteiger partial charge >= 0.3 is 0 Å². The number of ether oxygens (including phenoxy) is 2. The first-order valence-electron chi connectivity index (χ1n) is 12.7. The molecule has 1 amide bonds. The molecule has 0 aliphatic carbocycles. The first kappa shape index (κ1) is 23.5. The van der Waals surface area contributed by atoms with Crippen molar-refractivity contribution in [1.29, 1.82) is 0 Å². The summed E-state index contributed by atoms with van der Waals surface area (Å²) < 4.78 is 11.9. The third-order valence-corrected chi connectivity index (χ3v) is 7.02. The summed E-state index contributed by atoms with van der Waals surface area (Å²) in [7, 11) is 0. The number of β-amino-alcohol motifs (C(OH)–C–C–N with tert-alkyl or cyclic N) is 1. The summed E-state index contributed by atoms with van der Waals surface area (Å²) in [5.74, 6) is 1.98. The Morgan fingerprint density at radius 2 is 1.70 bits per heavy atom. The number of piperazine rings is 1. The number of rotatable bonds is 6. The molecule has 3 aromatic carbocycles. The number of hydrogen-bond donors (Lipinski definition) is 1. The van der Waals surface area contributed by atoms with E-state index in [-0.39, 0.29) is 12.5 Å². The molecule has 1 aromatic heterocycles. The summed E-state index contributed by atoms with van der Waals surface area (Å²) in [4.78, 5) is 21.9. The Bertz CT molecular complexity index is 1430. The van der Waals surface area contributed by atoms with Crippen molar-refractivity contribution in [3.63, 3.8) is 0 Å². The smallest absolute Gasteiger partial charge is 0.257 e. The predicted octanol–water partition coefficient (Wildman–Crippen LogP) is 4.13. The summed E-state index contributed by atoms with van der Waals surface area (Å²) in [6.45, 7) is 3.22. The number of amides is 1. The van der Waals surface area contributed by atoms with E-state index in [0.29, 0.717) is 49.9 Å². The average molecular weight is 496 g/mol. The monoisotopic (exact) mass is 495 g/mol. The molecule has 1 atom stereocenters. The van der Waals surface area contributed by atoms with E-state index in [0.717, 1.165) is 34.2 Å². The van der Waals surface area contributed by atoms with Gasteiger partial charge in [-0.15, -0.1) is 0 Å². The Hall–Kier alpha value is -3.94. The van der Waals surface area contributed by atoms with Crippen molar-refractivity contribution < 1.29 is 19.4 Å². The van der Waals surface area contributed by atoms with Crippen molar-refractivity contribution in [2.45, 2.75) is 12.5 Å². The molecule has 4 aromatic rings. The van der Waals surface area contributed by atoms with E-state index >= 15 is 0 Å². The molecule has 0 saturated carbocycles. The molecule has 188 valence electrons. The highest BCUT2D eigenvalue weighted by Gasteiger charge is 2.28. The van der Waals surface area contributed by atoms with Crippen LogP contribution >= 0.6 is 0 Å². The average Bonchev–Trinajstić information content (AvgIpc) is 2.94. The number of carbonyl (C=O) groups excluding carboxylic acids is 1. The minimum absolute atomic E-state index is 0.0119. The topological polar surface area (TPSA) is 75.1 Å². The number of nitrogens with zero attached hydrogens (tertiary/aromatic N) is 3. The van der Waals surface area contributed by atoms with Crippen LogP contribution in [0.25, 0.3) is 10.9 Å². The number of fused-ring (bicyclic) bond motifs is 3. The zero-order valence-corrected chi connectivity index (χ0v) is 20.5. The molecule has 0 radical (unpaired) electrons. The zero-order chi connectivity index (χ0) is 25.2. The van der Waals surface area contributed by atoms with Crippen molar-refractivity contribution >= 4 is 16.8 Å². The Balaban J connectivity index is 1.02. The van der Waals surface area contributed by atoms with Gasteiger partial charge in [0, 0.05) is 56.2 Å². The van der Waals surface area contributed by atoms with Crippen molar-refractivity contribution in [3.05, 3.63) is 95.6 Å². The summed E-state index contributed by atoms with van der Waals surface area (Å²) in [6, 6.07) is 25.4. The van der Waals surface area contributed by atoms with Crippen molar-refractivity contribution in [3.8, 4) is 17.4 Å². The molecule has 1 N–H and O–H groups in total. The van der Waals surface area contributed by atoms with Gasteiger partial charge in [-0.1, -0.05) is 48.5 Å². The fourth-order valence-electron chi connectivity index (χ4n) is 5.04. The van der Waals surface area contributed by atoms with Crippen LogP contribution in [-0.2, 0) is 6.42 Å². The highest BCUT2D eigenvalue weighted by molar-refractivity contribution is 5.97. The van der Waals surface area contributed by atoms with Gasteiger partial charge in [0.1, 0.15) is 24.2 Å². The highest BCUT2D eigenvalue weighted by Crippen LogP contribution is 2.39. The van der Waals surface area contributed by atoms with Crippen LogP contribution in [0.4, 0.5) is 0 Å². The standard InChI is InChI=1S/C30H29N3O4/c34-24(20-36-28-13-12-21-6-1-3-10-26(21)31-28)19-32-14-16-33(17-15-32)30(35)25-9-5-8-23-18-22-7-2-4-11-27(22)37-29(23)25/h1-13,24,34H,14-20H2. The largest absolute Gasteiger partial charge is 0.475 e. The third-order valence-electron chi connectivity index (χ3n) is 7.02. The van der Waals surface area contributed by atoms with Gasteiger partial charge in [-0.05, 0) is 29.8 Å². The molecular formula is C30H29N3O4. The van der Waals surface area contributed by atoms with Crippen LogP contribution in [0.15, 0.2) is 78.9 Å². The number of para-hydroxylation sites is 3. The molecule has 7 heteroatoms. The van der Waals surface area contributed by atoms with Crippen LogP contribution in [0.1, 0.15) is 21.5 Å². The van der Waals surface area contributed by atoms with Crippen LogP contribution in [0.3, 0.4) is 0 Å². The van der Waals surface area contributed by atoms with Crippen LogP contribution < -0.4 is 9.47 Å². The van der Waals surface area contributed by atoms with Crippen molar-refractivity contribution in [2.75, 3.05) is 39.3 Å². The maximum absolute atomic E-state index is 13.4. The van der Waals surface area contributed by atoms with Crippen LogP contribution in [0.2, 0.25) is 0 Å². The molecule has 1 fully saturated rings. The van der Waals surface area contributed by atoms with Gasteiger partial charge < -0.3 is 19.5 Å². The Kier molecular flexibility index (Phi) is 6.47. The van der Waals surface area contributed by atoms with Crippen molar-refractivity contribution in [2.24, 2.45) is 0 Å². The van der Waals surface area contributed by atoms with E-state index in [1.54, 1.807) is 0 Å². The summed E-state index contributed by atoms with van der Waals surface area (Å²) >= 11 is 0. The molecular weight excluding hydrogens is 466 g/mol. The van der Waals surface area contributed by atoms with Gasteiger partial charge in [0.2, 0.25) is 5.88 Å². The molecule has 1 saturated heterocycles. The second-order valence-corrected chi connectivity index (χ2v) is 9.58. The second-order valence-electron chi connectivity index (χ2n) is 9.58. The first-order valence-corrected chi connectivity index (χ1v) is 12.7. The van der Waals surface area contributed by atoms with Crippen LogP contribution in [0, 0.1) is 0 Å². The van der Waals surface area contributed by atoms with Gasteiger partial charge in [-0.2, -0.15) is 0 Å². The lowest BCUT2D eigenvalue weighted by Gasteiger charge is -2.36. The van der Waals surface area contributed by atoms with E-state index in [1.807, 2.05) is 77.7 Å². The molecule has 3 heterocycles. The van der Waals surface area contributed by atoms with E-state index in [9.17, 15) is 9.90 Å². The van der Waals surface area contributed by atoms with E-state index in [4.69, 9.17) is 9.47 Å². The number of carbonyl (C=O) groups is 1. The Labute approximate surface area is 215 Å². The summed E-state index contributed by atoms with van der Waals surface area (Å²) in [5, 5.41) is 11.6. The lowest BCUT2D eigenvalue weighted by molar-refractivity contribution is 0.0396. The van der Waals surface area contributed by atoms with Gasteiger partial charge in [0.15, 0.2) is 0 Å². The van der Waals surface area contributed by atoms with E-state index < -0.39 is 6.10 Å². The molecule has 1 unspecified atom stereocenters. The normalized spacial score (nSPS) is 16.0. The number of hydrogen-bond acceptors (Lipinski definition) is 6. The predicted molar refractivity (Wildman–Crippen MR) is 141 cm³/mol. The Morgan fingerprint density at radius 3 is 2.59 bits per heavy atom. The molecule has 2 aliphatic heterocycles. The maximum atomic E-state index is 13.4. The molecule has 6 rings (SSSR count). The highest BCUT2D eigenvalue weighted by atomic mass is 16.5. The number of aliphatic hydroxyl groups is 1. The van der Waals surface area contributed by atoms with E-state index in [1.165, 1.54) is 0 Å². The SMILES string of the molecule is O=C(c1cccc2c1Oc1ccccc1C2)N1CCN(CC(O)COc2ccc3ccccc3n2)CC1. The molecule has 7 nitrogen and oxygen atoms in total. The molecule has 0 bridgehead atoms. The fourth-order valence-corrected chi connectivity index (χ4v) is 5.04. The molecule has 37 heavy (non-hydrogen) atoms. The quantitative estimate of drug-likeness (QED) is 0.382. The number of pyridine rings is 1. The van der Waals surface area contributed by atoms with Gasteiger partial charge in [0.25, 0.3) is 5.91 Å². The second kappa shape index (κ2) is 10.2. The Morgan fingerprint density at radius 1 is 0.919 bits per heavy atom. The lowest BCUT2D eigenvalue weighted by atomic mass is 9.97. The third kappa shape index (κ3) is 5.01. The van der Waals surface area contributed by atoms with Gasteiger partial charge in [-0.3, -0.25) is 9.69 Å². The summed E-state index contributed by atoms with van der Waals surface area (Å²) in [6.07, 6.45) is 0.111. The number of benzene rings is 3. The zero-order valence-electron chi connectivity index (χ0n) is 20.5. The minimum Gasteiger partial charge on any atom is -0.475 e. The minimum atomic E-state index is -0.648. The van der Waals surface area contributed by atoms with E-state index in [2.05, 4.69) is 16.0 Å². The van der Waals surface area contributed by atoms with Crippen LogP contribution in [-0.4, -0.2) is 71.2 Å². The summed E-state index contributed by atoms with van der Waals surface area (Å²) in [5.41, 5.74) is 3.64. The lowest BCUT2D eigenvalue weighted by Crippen LogP contribution is -2.51. The number of aromatic nitrogens is 1. The van der Waals surface area contributed by atoms with Gasteiger partial charge in [-0.25, -0.2) is 4.98 Å². The number of aliphatic hydroxyl groups excluding tert-OH is 1. The van der Waals surface area contributed by atoms with Crippen LogP contribution in [0.5, 0.6) is 17.4 Å². The first-order chi connectivity index (χ1) is 18.1.